The van der Waals surface area contributed by atoms with Crippen LogP contribution < -0.4 is 10.6 Å². The second-order valence-electron chi connectivity index (χ2n) is 4.36. The van der Waals surface area contributed by atoms with Crippen molar-refractivity contribution in [2.45, 2.75) is 6.54 Å². The number of carbonyl (C=O) groups is 1. The molecular formula is C15H16BrN3O2. The predicted molar refractivity (Wildman–Crippen MR) is 86.2 cm³/mol. The van der Waals surface area contributed by atoms with Gasteiger partial charge in [0.05, 0.1) is 12.2 Å². The topological polar surface area (TPSA) is 63.2 Å². The molecule has 0 aliphatic rings. The van der Waals surface area contributed by atoms with E-state index in [-0.39, 0.29) is 12.5 Å². The average Bonchev–Trinajstić information content (AvgIpc) is 2.47. The predicted octanol–water partition coefficient (Wildman–Crippen LogP) is 3.04. The van der Waals surface area contributed by atoms with Gasteiger partial charge in [-0.15, -0.1) is 0 Å². The maximum Gasteiger partial charge on any atom is 0.250 e. The SMILES string of the molecule is COCC(=O)Nc1ccc(NCc2cccc(Br)n2)cc1. The van der Waals surface area contributed by atoms with Crippen molar-refractivity contribution in [3.8, 4) is 0 Å². The normalized spacial score (nSPS) is 10.2. The fourth-order valence-corrected chi connectivity index (χ4v) is 2.12. The summed E-state index contributed by atoms with van der Waals surface area (Å²) in [7, 11) is 1.49. The number of halogens is 1. The molecule has 0 atom stereocenters. The molecule has 1 aromatic carbocycles. The van der Waals surface area contributed by atoms with Crippen LogP contribution in [0, 0.1) is 0 Å². The third-order valence-electron chi connectivity index (χ3n) is 2.69. The molecule has 0 bridgehead atoms. The van der Waals surface area contributed by atoms with Crippen molar-refractivity contribution in [2.24, 2.45) is 0 Å². The Bertz CT molecular complexity index is 602. The summed E-state index contributed by atoms with van der Waals surface area (Å²) in [5.74, 6) is -0.170. The number of amides is 1. The lowest BCUT2D eigenvalue weighted by Gasteiger charge is -2.08. The van der Waals surface area contributed by atoms with Crippen molar-refractivity contribution in [1.29, 1.82) is 0 Å². The highest BCUT2D eigenvalue weighted by molar-refractivity contribution is 9.10. The van der Waals surface area contributed by atoms with Crippen LogP contribution in [0.3, 0.4) is 0 Å². The number of nitrogens with one attached hydrogen (secondary N) is 2. The molecule has 0 fully saturated rings. The maximum absolute atomic E-state index is 11.4. The smallest absolute Gasteiger partial charge is 0.250 e. The van der Waals surface area contributed by atoms with Gasteiger partial charge in [-0.2, -0.15) is 0 Å². The summed E-state index contributed by atoms with van der Waals surface area (Å²) in [5, 5.41) is 6.01. The van der Waals surface area contributed by atoms with Gasteiger partial charge < -0.3 is 15.4 Å². The number of methoxy groups -OCH3 is 1. The first-order valence-electron chi connectivity index (χ1n) is 6.41. The van der Waals surface area contributed by atoms with Crippen molar-refractivity contribution >= 4 is 33.2 Å². The van der Waals surface area contributed by atoms with Crippen molar-refractivity contribution in [1.82, 2.24) is 4.98 Å². The minimum atomic E-state index is -0.170. The fourth-order valence-electron chi connectivity index (χ4n) is 1.74. The van der Waals surface area contributed by atoms with Crippen LogP contribution in [0.25, 0.3) is 0 Å². The van der Waals surface area contributed by atoms with Gasteiger partial charge in [0.15, 0.2) is 0 Å². The van der Waals surface area contributed by atoms with Crippen LogP contribution in [0.2, 0.25) is 0 Å². The number of anilines is 2. The van der Waals surface area contributed by atoms with E-state index < -0.39 is 0 Å². The molecule has 1 aromatic heterocycles. The van der Waals surface area contributed by atoms with Gasteiger partial charge in [-0.1, -0.05) is 6.07 Å². The quantitative estimate of drug-likeness (QED) is 0.786. The van der Waals surface area contributed by atoms with Crippen LogP contribution in [0.15, 0.2) is 47.1 Å². The van der Waals surface area contributed by atoms with E-state index in [1.807, 2.05) is 42.5 Å². The number of hydrogen-bond donors (Lipinski definition) is 2. The molecular weight excluding hydrogens is 334 g/mol. The van der Waals surface area contributed by atoms with Crippen molar-refractivity contribution in [3.63, 3.8) is 0 Å². The molecule has 21 heavy (non-hydrogen) atoms. The fraction of sp³-hybridized carbons (Fsp3) is 0.200. The van der Waals surface area contributed by atoms with Crippen molar-refractivity contribution in [2.75, 3.05) is 24.4 Å². The maximum atomic E-state index is 11.4. The van der Waals surface area contributed by atoms with Crippen LogP contribution in [0.5, 0.6) is 0 Å². The largest absolute Gasteiger partial charge is 0.379 e. The molecule has 2 rings (SSSR count). The van der Waals surface area contributed by atoms with E-state index in [2.05, 4.69) is 31.5 Å². The monoisotopic (exact) mass is 349 g/mol. The first kappa shape index (κ1) is 15.5. The molecule has 0 radical (unpaired) electrons. The second-order valence-corrected chi connectivity index (χ2v) is 5.18. The molecule has 0 aliphatic carbocycles. The number of benzene rings is 1. The van der Waals surface area contributed by atoms with E-state index in [4.69, 9.17) is 4.74 Å². The van der Waals surface area contributed by atoms with Crippen LogP contribution >= 0.6 is 15.9 Å². The van der Waals surface area contributed by atoms with Gasteiger partial charge in [-0.25, -0.2) is 4.98 Å². The zero-order valence-corrected chi connectivity index (χ0v) is 13.2. The van der Waals surface area contributed by atoms with Gasteiger partial charge in [-0.05, 0) is 52.3 Å². The molecule has 6 heteroatoms. The van der Waals surface area contributed by atoms with Gasteiger partial charge in [0, 0.05) is 18.5 Å². The molecule has 0 aliphatic heterocycles. The van der Waals surface area contributed by atoms with Crippen molar-refractivity contribution < 1.29 is 9.53 Å². The van der Waals surface area contributed by atoms with Crippen molar-refractivity contribution in [3.05, 3.63) is 52.8 Å². The lowest BCUT2D eigenvalue weighted by molar-refractivity contribution is -0.119. The third-order valence-corrected chi connectivity index (χ3v) is 3.13. The van der Waals surface area contributed by atoms with E-state index in [1.54, 1.807) is 0 Å². The highest BCUT2D eigenvalue weighted by atomic mass is 79.9. The number of pyridine rings is 1. The van der Waals surface area contributed by atoms with Crippen LogP contribution in [0.1, 0.15) is 5.69 Å². The van der Waals surface area contributed by atoms with Gasteiger partial charge >= 0.3 is 0 Å². The van der Waals surface area contributed by atoms with E-state index in [9.17, 15) is 4.79 Å². The van der Waals surface area contributed by atoms with Crippen LogP contribution in [-0.4, -0.2) is 24.6 Å². The average molecular weight is 350 g/mol. The number of ether oxygens (including phenoxy) is 1. The Balaban J connectivity index is 1.89. The first-order valence-corrected chi connectivity index (χ1v) is 7.21. The summed E-state index contributed by atoms with van der Waals surface area (Å²) in [6, 6.07) is 13.3. The van der Waals surface area contributed by atoms with E-state index in [1.165, 1.54) is 7.11 Å². The third kappa shape index (κ3) is 5.17. The highest BCUT2D eigenvalue weighted by Gasteiger charge is 2.01. The summed E-state index contributed by atoms with van der Waals surface area (Å²) in [6.07, 6.45) is 0. The lowest BCUT2D eigenvalue weighted by atomic mass is 10.2. The van der Waals surface area contributed by atoms with Crippen LogP contribution in [0.4, 0.5) is 11.4 Å². The molecule has 0 spiro atoms. The number of nitrogens with zero attached hydrogens (tertiary/aromatic N) is 1. The minimum Gasteiger partial charge on any atom is -0.379 e. The molecule has 2 N–H and O–H groups in total. The van der Waals surface area contributed by atoms with Gasteiger partial charge in [0.2, 0.25) is 5.91 Å². The number of hydrogen-bond acceptors (Lipinski definition) is 4. The van der Waals surface area contributed by atoms with Gasteiger partial charge in [-0.3, -0.25) is 4.79 Å². The summed E-state index contributed by atoms with van der Waals surface area (Å²) >= 11 is 3.34. The Kier molecular flexibility index (Phi) is 5.71. The molecule has 0 saturated carbocycles. The minimum absolute atomic E-state index is 0.0502. The molecule has 0 saturated heterocycles. The summed E-state index contributed by atoms with van der Waals surface area (Å²) in [4.78, 5) is 15.7. The zero-order valence-electron chi connectivity index (χ0n) is 11.6. The van der Waals surface area contributed by atoms with Gasteiger partial charge in [0.25, 0.3) is 0 Å². The standard InChI is InChI=1S/C15H16BrN3O2/c1-21-10-15(20)19-12-7-5-11(6-8-12)17-9-13-3-2-4-14(16)18-13/h2-8,17H,9-10H2,1H3,(H,19,20). The summed E-state index contributed by atoms with van der Waals surface area (Å²) in [6.45, 7) is 0.684. The zero-order chi connectivity index (χ0) is 15.1. The Morgan fingerprint density at radius 3 is 2.57 bits per heavy atom. The lowest BCUT2D eigenvalue weighted by Crippen LogP contribution is -2.16. The number of aromatic nitrogens is 1. The Labute approximate surface area is 131 Å². The van der Waals surface area contributed by atoms with Crippen LogP contribution in [-0.2, 0) is 16.1 Å². The molecule has 1 amide bonds. The van der Waals surface area contributed by atoms with Gasteiger partial charge in [0.1, 0.15) is 11.2 Å². The molecule has 110 valence electrons. The highest BCUT2D eigenvalue weighted by Crippen LogP contribution is 2.15. The molecule has 0 unspecified atom stereocenters. The molecule has 2 aromatic rings. The summed E-state index contributed by atoms with van der Waals surface area (Å²) in [5.41, 5.74) is 2.64. The number of carbonyl (C=O) groups excluding carboxylic acids is 1. The number of rotatable bonds is 6. The summed E-state index contributed by atoms with van der Waals surface area (Å²) < 4.78 is 5.58. The van der Waals surface area contributed by atoms with E-state index >= 15 is 0 Å². The van der Waals surface area contributed by atoms with E-state index in [0.717, 1.165) is 21.7 Å². The Hall–Kier alpha value is -1.92. The molecule has 1 heterocycles. The first-order chi connectivity index (χ1) is 10.2. The molecule has 5 nitrogen and oxygen atoms in total. The Morgan fingerprint density at radius 2 is 1.90 bits per heavy atom. The second kappa shape index (κ2) is 7.75. The van der Waals surface area contributed by atoms with E-state index in [0.29, 0.717) is 6.54 Å². The Morgan fingerprint density at radius 1 is 1.19 bits per heavy atom.